The molecule has 0 fully saturated rings. The summed E-state index contributed by atoms with van der Waals surface area (Å²) in [7, 11) is 0. The maximum Gasteiger partial charge on any atom is 0.0465 e. The fraction of sp³-hybridized carbons (Fsp3) is 0.0833. The van der Waals surface area contributed by atoms with Gasteiger partial charge in [-0.05, 0) is 41.3 Å². The molecule has 0 saturated carbocycles. The number of hydrogen-bond donors (Lipinski definition) is 1. The largest absolute Gasteiger partial charge is 0.355 e. The van der Waals surface area contributed by atoms with Crippen LogP contribution in [0, 0.1) is 0 Å². The highest BCUT2D eigenvalue weighted by molar-refractivity contribution is 6.08. The second kappa shape index (κ2) is 5.78. The Morgan fingerprint density at radius 1 is 0.720 bits per heavy atom. The Bertz CT molecular complexity index is 1110. The van der Waals surface area contributed by atoms with Gasteiger partial charge in [-0.2, -0.15) is 0 Å². The molecule has 1 atom stereocenters. The Morgan fingerprint density at radius 2 is 1.52 bits per heavy atom. The first-order chi connectivity index (χ1) is 12.4. The van der Waals surface area contributed by atoms with E-state index in [2.05, 4.69) is 96.0 Å². The molecule has 0 saturated heterocycles. The minimum Gasteiger partial charge on any atom is -0.355 e. The van der Waals surface area contributed by atoms with Gasteiger partial charge in [-0.3, -0.25) is 0 Å². The zero-order chi connectivity index (χ0) is 16.6. The van der Waals surface area contributed by atoms with E-state index >= 15 is 0 Å². The Morgan fingerprint density at radius 3 is 2.36 bits per heavy atom. The van der Waals surface area contributed by atoms with Crippen molar-refractivity contribution in [3.05, 3.63) is 96.6 Å². The van der Waals surface area contributed by atoms with Gasteiger partial charge >= 0.3 is 0 Å². The van der Waals surface area contributed by atoms with Crippen LogP contribution in [0.5, 0.6) is 0 Å². The molecule has 25 heavy (non-hydrogen) atoms. The number of aromatic nitrogens is 1. The van der Waals surface area contributed by atoms with Crippen molar-refractivity contribution in [2.45, 2.75) is 12.3 Å². The lowest BCUT2D eigenvalue weighted by Gasteiger charge is -2.14. The number of H-pyrrole nitrogens is 1. The van der Waals surface area contributed by atoms with Crippen molar-refractivity contribution in [3.8, 4) is 11.1 Å². The molecule has 1 aromatic heterocycles. The molecule has 3 aromatic carbocycles. The average molecular weight is 321 g/mol. The molecule has 5 rings (SSSR count). The molecule has 0 spiro atoms. The topological polar surface area (TPSA) is 15.8 Å². The second-order valence-corrected chi connectivity index (χ2v) is 6.71. The van der Waals surface area contributed by atoms with Gasteiger partial charge in [0, 0.05) is 27.7 Å². The van der Waals surface area contributed by atoms with Crippen molar-refractivity contribution in [2.75, 3.05) is 0 Å². The van der Waals surface area contributed by atoms with Crippen LogP contribution in [0.25, 0.3) is 32.9 Å². The summed E-state index contributed by atoms with van der Waals surface area (Å²) in [5.74, 6) is 0.509. The van der Waals surface area contributed by atoms with Gasteiger partial charge < -0.3 is 4.98 Å². The molecule has 1 heteroatoms. The van der Waals surface area contributed by atoms with Crippen LogP contribution in [0.15, 0.2) is 91.0 Å². The number of aromatic amines is 1. The summed E-state index contributed by atoms with van der Waals surface area (Å²) in [6, 6.07) is 24.2. The molecule has 1 heterocycles. The Hall–Kier alpha value is -3.06. The Balaban J connectivity index is 1.55. The number of rotatable bonds is 2. The molecule has 1 nitrogen and oxygen atoms in total. The van der Waals surface area contributed by atoms with Crippen LogP contribution in [-0.2, 0) is 0 Å². The van der Waals surface area contributed by atoms with E-state index in [1.54, 1.807) is 0 Å². The SMILES string of the molecule is C1=CCC(c2ccc(-c3ccc4[nH]c5ccccc5c4c3)cc2)C=C1. The third-order valence-electron chi connectivity index (χ3n) is 5.16. The first-order valence-corrected chi connectivity index (χ1v) is 8.83. The predicted molar refractivity (Wildman–Crippen MR) is 107 cm³/mol. The van der Waals surface area contributed by atoms with Crippen molar-refractivity contribution >= 4 is 21.8 Å². The maximum absolute atomic E-state index is 3.49. The Labute approximate surface area is 147 Å². The zero-order valence-electron chi connectivity index (χ0n) is 13.9. The number of fused-ring (bicyclic) bond motifs is 3. The highest BCUT2D eigenvalue weighted by atomic mass is 14.7. The third-order valence-corrected chi connectivity index (χ3v) is 5.16. The van der Waals surface area contributed by atoms with Crippen LogP contribution in [-0.4, -0.2) is 4.98 Å². The third kappa shape index (κ3) is 2.49. The van der Waals surface area contributed by atoms with Gasteiger partial charge in [0.25, 0.3) is 0 Å². The van der Waals surface area contributed by atoms with Crippen LogP contribution < -0.4 is 0 Å². The fourth-order valence-electron chi connectivity index (χ4n) is 3.78. The van der Waals surface area contributed by atoms with Crippen molar-refractivity contribution in [3.63, 3.8) is 0 Å². The molecular formula is C24H19N. The van der Waals surface area contributed by atoms with E-state index in [1.807, 2.05) is 0 Å². The maximum atomic E-state index is 3.49. The van der Waals surface area contributed by atoms with E-state index in [0.29, 0.717) is 5.92 Å². The van der Waals surface area contributed by atoms with Crippen molar-refractivity contribution < 1.29 is 0 Å². The fourth-order valence-corrected chi connectivity index (χ4v) is 3.78. The molecule has 0 amide bonds. The van der Waals surface area contributed by atoms with Gasteiger partial charge in [0.05, 0.1) is 0 Å². The quantitative estimate of drug-likeness (QED) is 0.429. The minimum absolute atomic E-state index is 0.509. The molecule has 1 aliphatic carbocycles. The van der Waals surface area contributed by atoms with E-state index in [4.69, 9.17) is 0 Å². The summed E-state index contributed by atoms with van der Waals surface area (Å²) in [6.07, 6.45) is 9.89. The molecule has 120 valence electrons. The van der Waals surface area contributed by atoms with Crippen molar-refractivity contribution in [2.24, 2.45) is 0 Å². The summed E-state index contributed by atoms with van der Waals surface area (Å²) in [5, 5.41) is 2.58. The number of benzene rings is 3. The Kier molecular flexibility index (Phi) is 3.31. The number of para-hydroxylation sites is 1. The second-order valence-electron chi connectivity index (χ2n) is 6.71. The monoisotopic (exact) mass is 321 g/mol. The molecule has 0 bridgehead atoms. The molecule has 0 aliphatic heterocycles. The lowest BCUT2D eigenvalue weighted by molar-refractivity contribution is 0.854. The van der Waals surface area contributed by atoms with Crippen molar-refractivity contribution in [1.29, 1.82) is 0 Å². The number of nitrogens with one attached hydrogen (secondary N) is 1. The van der Waals surface area contributed by atoms with E-state index < -0.39 is 0 Å². The molecule has 4 aromatic rings. The van der Waals surface area contributed by atoms with Crippen LogP contribution in [0.3, 0.4) is 0 Å². The van der Waals surface area contributed by atoms with Gasteiger partial charge in [0.1, 0.15) is 0 Å². The van der Waals surface area contributed by atoms with Crippen molar-refractivity contribution in [1.82, 2.24) is 4.98 Å². The van der Waals surface area contributed by atoms with E-state index in [0.717, 1.165) is 6.42 Å². The van der Waals surface area contributed by atoms with Gasteiger partial charge in [0.2, 0.25) is 0 Å². The smallest absolute Gasteiger partial charge is 0.0465 e. The van der Waals surface area contributed by atoms with Crippen LogP contribution >= 0.6 is 0 Å². The molecular weight excluding hydrogens is 302 g/mol. The van der Waals surface area contributed by atoms with Crippen LogP contribution in [0.1, 0.15) is 17.9 Å². The van der Waals surface area contributed by atoms with Gasteiger partial charge in [-0.1, -0.05) is 72.8 Å². The first kappa shape index (κ1) is 14.3. The normalized spacial score (nSPS) is 16.7. The van der Waals surface area contributed by atoms with E-state index in [9.17, 15) is 0 Å². The van der Waals surface area contributed by atoms with Crippen LogP contribution in [0.4, 0.5) is 0 Å². The van der Waals surface area contributed by atoms with E-state index in [-0.39, 0.29) is 0 Å². The van der Waals surface area contributed by atoms with E-state index in [1.165, 1.54) is 38.5 Å². The van der Waals surface area contributed by atoms with Gasteiger partial charge in [0.15, 0.2) is 0 Å². The van der Waals surface area contributed by atoms with Crippen LogP contribution in [0.2, 0.25) is 0 Å². The first-order valence-electron chi connectivity index (χ1n) is 8.83. The van der Waals surface area contributed by atoms with Gasteiger partial charge in [-0.25, -0.2) is 0 Å². The standard InChI is InChI=1S/C24H19N/c1-2-6-17(7-3-1)18-10-12-19(13-11-18)20-14-15-24-22(16-20)21-8-4-5-9-23(21)25-24/h1-6,8-17,25H,7H2. The molecule has 1 N–H and O–H groups in total. The molecule has 1 aliphatic rings. The lowest BCUT2D eigenvalue weighted by Crippen LogP contribution is -1.95. The lowest BCUT2D eigenvalue weighted by atomic mass is 9.91. The summed E-state index contributed by atoms with van der Waals surface area (Å²) in [5.41, 5.74) is 6.31. The summed E-state index contributed by atoms with van der Waals surface area (Å²) >= 11 is 0. The number of allylic oxidation sites excluding steroid dienone is 4. The molecule has 1 unspecified atom stereocenters. The minimum atomic E-state index is 0.509. The predicted octanol–water partition coefficient (Wildman–Crippen LogP) is 6.59. The summed E-state index contributed by atoms with van der Waals surface area (Å²) in [4.78, 5) is 3.49. The summed E-state index contributed by atoms with van der Waals surface area (Å²) in [6.45, 7) is 0. The van der Waals surface area contributed by atoms with Gasteiger partial charge in [-0.15, -0.1) is 0 Å². The molecule has 0 radical (unpaired) electrons. The highest BCUT2D eigenvalue weighted by Crippen LogP contribution is 2.31. The zero-order valence-corrected chi connectivity index (χ0v) is 13.9. The highest BCUT2D eigenvalue weighted by Gasteiger charge is 2.09. The summed E-state index contributed by atoms with van der Waals surface area (Å²) < 4.78 is 0. The number of hydrogen-bond acceptors (Lipinski definition) is 0. The average Bonchev–Trinajstić information content (AvgIpc) is 3.07.